The first-order valence-corrected chi connectivity index (χ1v) is 10.3. The van der Waals surface area contributed by atoms with Crippen LogP contribution in [-0.2, 0) is 0 Å². The summed E-state index contributed by atoms with van der Waals surface area (Å²) in [5.41, 5.74) is 3.07. The van der Waals surface area contributed by atoms with Crippen molar-refractivity contribution in [3.63, 3.8) is 0 Å². The van der Waals surface area contributed by atoms with Gasteiger partial charge in [0.15, 0.2) is 0 Å². The van der Waals surface area contributed by atoms with Gasteiger partial charge in [-0.1, -0.05) is 12.1 Å². The molecule has 0 bridgehead atoms. The lowest BCUT2D eigenvalue weighted by Gasteiger charge is -2.18. The van der Waals surface area contributed by atoms with Crippen molar-refractivity contribution >= 4 is 28.8 Å². The molecule has 2 amide bonds. The Bertz CT molecular complexity index is 1010. The molecule has 0 aliphatic heterocycles. The molecule has 1 N–H and O–H groups in total. The van der Waals surface area contributed by atoms with E-state index in [1.54, 1.807) is 41.3 Å². The maximum Gasteiger partial charge on any atom is 0.265 e. The summed E-state index contributed by atoms with van der Waals surface area (Å²) in [7, 11) is 0. The fourth-order valence-electron chi connectivity index (χ4n) is 3.06. The summed E-state index contributed by atoms with van der Waals surface area (Å²) in [4.78, 5) is 28.3. The highest BCUT2D eigenvalue weighted by Crippen LogP contribution is 2.33. The summed E-state index contributed by atoms with van der Waals surface area (Å²) in [5.74, 6) is -0.524. The first kappa shape index (κ1) is 20.7. The van der Waals surface area contributed by atoms with E-state index in [4.69, 9.17) is 0 Å². The molecule has 1 aromatic heterocycles. The summed E-state index contributed by atoms with van der Waals surface area (Å²) >= 11 is 1.37. The summed E-state index contributed by atoms with van der Waals surface area (Å²) in [6.07, 6.45) is 0. The van der Waals surface area contributed by atoms with Crippen LogP contribution in [0, 0.1) is 12.7 Å². The normalized spacial score (nSPS) is 10.6. The number of halogens is 1. The number of benzene rings is 2. The zero-order valence-corrected chi connectivity index (χ0v) is 17.5. The number of hydrogen-bond acceptors (Lipinski definition) is 3. The van der Waals surface area contributed by atoms with Gasteiger partial charge in [0, 0.05) is 29.2 Å². The zero-order valence-electron chi connectivity index (χ0n) is 16.7. The highest BCUT2D eigenvalue weighted by atomic mass is 32.1. The summed E-state index contributed by atoms with van der Waals surface area (Å²) in [5, 5.41) is 2.87. The second-order valence-corrected chi connectivity index (χ2v) is 7.69. The third-order valence-electron chi connectivity index (χ3n) is 4.69. The number of nitrogens with one attached hydrogen (secondary N) is 1. The minimum absolute atomic E-state index is 0.0225. The van der Waals surface area contributed by atoms with Gasteiger partial charge < -0.3 is 10.2 Å². The molecular weight excluding hydrogens is 387 g/mol. The number of aryl methyl sites for hydroxylation is 1. The predicted octanol–water partition coefficient (Wildman–Crippen LogP) is 5.60. The fraction of sp³-hybridized carbons (Fsp3) is 0.217. The van der Waals surface area contributed by atoms with Crippen molar-refractivity contribution in [2.24, 2.45) is 0 Å². The summed E-state index contributed by atoms with van der Waals surface area (Å²) < 4.78 is 13.2. The second kappa shape index (κ2) is 9.01. The fourth-order valence-corrected chi connectivity index (χ4v) is 4.14. The number of carbonyl (C=O) groups is 2. The van der Waals surface area contributed by atoms with Gasteiger partial charge in [-0.15, -0.1) is 11.3 Å². The standard InChI is InChI=1S/C23H23FN2O2S/c1-4-26(5-2)23(28)17-8-12-19(13-9-17)25-22(27)20-14-15(3)21(29-20)16-6-10-18(24)11-7-16/h6-14H,4-5H2,1-3H3,(H,25,27). The van der Waals surface area contributed by atoms with Crippen molar-refractivity contribution in [1.82, 2.24) is 4.90 Å². The van der Waals surface area contributed by atoms with E-state index in [0.29, 0.717) is 29.2 Å². The van der Waals surface area contributed by atoms with Gasteiger partial charge >= 0.3 is 0 Å². The van der Waals surface area contributed by atoms with E-state index >= 15 is 0 Å². The quantitative estimate of drug-likeness (QED) is 0.575. The Morgan fingerprint density at radius 2 is 1.62 bits per heavy atom. The SMILES string of the molecule is CCN(CC)C(=O)c1ccc(NC(=O)c2cc(C)c(-c3ccc(F)cc3)s2)cc1. The van der Waals surface area contributed by atoms with Crippen LogP contribution in [0.4, 0.5) is 10.1 Å². The van der Waals surface area contributed by atoms with Crippen LogP contribution in [0.1, 0.15) is 39.4 Å². The molecule has 1 heterocycles. The molecule has 0 saturated heterocycles. The van der Waals surface area contributed by atoms with E-state index in [0.717, 1.165) is 16.0 Å². The molecule has 6 heteroatoms. The Morgan fingerprint density at radius 1 is 1.00 bits per heavy atom. The third-order valence-corrected chi connectivity index (χ3v) is 5.97. The van der Waals surface area contributed by atoms with E-state index in [1.807, 2.05) is 26.8 Å². The molecule has 29 heavy (non-hydrogen) atoms. The third kappa shape index (κ3) is 4.71. The van der Waals surface area contributed by atoms with Gasteiger partial charge in [-0.05, 0) is 74.4 Å². The van der Waals surface area contributed by atoms with Crippen LogP contribution in [0.3, 0.4) is 0 Å². The van der Waals surface area contributed by atoms with Crippen molar-refractivity contribution in [3.8, 4) is 10.4 Å². The first-order chi connectivity index (χ1) is 13.9. The van der Waals surface area contributed by atoms with Crippen LogP contribution in [0.25, 0.3) is 10.4 Å². The molecule has 150 valence electrons. The number of nitrogens with zero attached hydrogens (tertiary/aromatic N) is 1. The minimum atomic E-state index is -0.288. The van der Waals surface area contributed by atoms with Gasteiger partial charge in [-0.2, -0.15) is 0 Å². The van der Waals surface area contributed by atoms with Gasteiger partial charge in [0.25, 0.3) is 11.8 Å². The van der Waals surface area contributed by atoms with Crippen molar-refractivity contribution in [2.75, 3.05) is 18.4 Å². The van der Waals surface area contributed by atoms with Gasteiger partial charge in [-0.25, -0.2) is 4.39 Å². The topological polar surface area (TPSA) is 49.4 Å². The maximum atomic E-state index is 13.2. The number of thiophene rings is 1. The van der Waals surface area contributed by atoms with Crippen LogP contribution in [-0.4, -0.2) is 29.8 Å². The number of carbonyl (C=O) groups excluding carboxylic acids is 2. The van der Waals surface area contributed by atoms with E-state index in [1.165, 1.54) is 23.5 Å². The van der Waals surface area contributed by atoms with Crippen molar-refractivity contribution < 1.29 is 14.0 Å². The monoisotopic (exact) mass is 410 g/mol. The average molecular weight is 411 g/mol. The molecule has 3 rings (SSSR count). The van der Waals surface area contributed by atoms with Crippen molar-refractivity contribution in [2.45, 2.75) is 20.8 Å². The smallest absolute Gasteiger partial charge is 0.265 e. The van der Waals surface area contributed by atoms with Crippen LogP contribution in [0.5, 0.6) is 0 Å². The molecule has 0 radical (unpaired) electrons. The molecule has 0 saturated carbocycles. The molecule has 0 spiro atoms. The average Bonchev–Trinajstić information content (AvgIpc) is 3.12. The molecular formula is C23H23FN2O2S. The molecule has 0 aliphatic carbocycles. The Morgan fingerprint density at radius 3 is 2.21 bits per heavy atom. The Balaban J connectivity index is 1.73. The van der Waals surface area contributed by atoms with Gasteiger partial charge in [-0.3, -0.25) is 9.59 Å². The molecule has 0 fully saturated rings. The Labute approximate surface area is 174 Å². The lowest BCUT2D eigenvalue weighted by molar-refractivity contribution is 0.0773. The zero-order chi connectivity index (χ0) is 21.0. The number of hydrogen-bond donors (Lipinski definition) is 1. The number of amides is 2. The van der Waals surface area contributed by atoms with Crippen molar-refractivity contribution in [1.29, 1.82) is 0 Å². The molecule has 2 aromatic carbocycles. The van der Waals surface area contributed by atoms with E-state index in [2.05, 4.69) is 5.32 Å². The summed E-state index contributed by atoms with van der Waals surface area (Å²) in [6.45, 7) is 7.13. The lowest BCUT2D eigenvalue weighted by atomic mass is 10.1. The van der Waals surface area contributed by atoms with Gasteiger partial charge in [0.2, 0.25) is 0 Å². The lowest BCUT2D eigenvalue weighted by Crippen LogP contribution is -2.30. The van der Waals surface area contributed by atoms with Gasteiger partial charge in [0.05, 0.1) is 4.88 Å². The second-order valence-electron chi connectivity index (χ2n) is 6.64. The first-order valence-electron chi connectivity index (χ1n) is 9.50. The largest absolute Gasteiger partial charge is 0.339 e. The Kier molecular flexibility index (Phi) is 6.44. The number of rotatable bonds is 6. The Hall–Kier alpha value is -2.99. The van der Waals surface area contributed by atoms with E-state index < -0.39 is 0 Å². The molecule has 0 aliphatic rings. The van der Waals surface area contributed by atoms with Crippen molar-refractivity contribution in [3.05, 3.63) is 76.4 Å². The molecule has 3 aromatic rings. The van der Waals surface area contributed by atoms with E-state index in [-0.39, 0.29) is 17.6 Å². The van der Waals surface area contributed by atoms with Crippen LogP contribution in [0.15, 0.2) is 54.6 Å². The van der Waals surface area contributed by atoms with Crippen LogP contribution in [0.2, 0.25) is 0 Å². The minimum Gasteiger partial charge on any atom is -0.339 e. The maximum absolute atomic E-state index is 13.2. The van der Waals surface area contributed by atoms with Crippen LogP contribution >= 0.6 is 11.3 Å². The predicted molar refractivity (Wildman–Crippen MR) is 116 cm³/mol. The summed E-state index contributed by atoms with van der Waals surface area (Å²) in [6, 6.07) is 15.0. The highest BCUT2D eigenvalue weighted by molar-refractivity contribution is 7.17. The van der Waals surface area contributed by atoms with Gasteiger partial charge in [0.1, 0.15) is 5.82 Å². The van der Waals surface area contributed by atoms with E-state index in [9.17, 15) is 14.0 Å². The number of anilines is 1. The molecule has 4 nitrogen and oxygen atoms in total. The molecule has 0 atom stereocenters. The van der Waals surface area contributed by atoms with Crippen LogP contribution < -0.4 is 5.32 Å². The molecule has 0 unspecified atom stereocenters. The highest BCUT2D eigenvalue weighted by Gasteiger charge is 2.15.